The number of hydrogen-bond acceptors (Lipinski definition) is 3. The van der Waals surface area contributed by atoms with Crippen molar-refractivity contribution in [3.8, 4) is 0 Å². The fourth-order valence-corrected chi connectivity index (χ4v) is 7.19. The molecule has 0 heterocycles. The molecular weight excluding hydrogens is 274 g/mol. The highest BCUT2D eigenvalue weighted by molar-refractivity contribution is 5.91. The zero-order valence-corrected chi connectivity index (χ0v) is 14.1. The van der Waals surface area contributed by atoms with Gasteiger partial charge < -0.3 is 10.3 Å². The molecule has 0 spiro atoms. The second-order valence-corrected chi connectivity index (χ2v) is 9.13. The first-order valence-electron chi connectivity index (χ1n) is 9.38. The topological polar surface area (TPSA) is 52.8 Å². The van der Waals surface area contributed by atoms with Crippen molar-refractivity contribution in [2.75, 3.05) is 0 Å². The minimum atomic E-state index is -0.0527. The molecule has 3 heteroatoms. The Balaban J connectivity index is 1.63. The van der Waals surface area contributed by atoms with Crippen LogP contribution in [-0.4, -0.2) is 22.1 Å². The molecule has 3 nitrogen and oxygen atoms in total. The molecule has 4 fully saturated rings. The normalized spacial score (nSPS) is 56.3. The summed E-state index contributed by atoms with van der Waals surface area (Å²) < 4.78 is 0. The van der Waals surface area contributed by atoms with Crippen LogP contribution in [0.4, 0.5) is 0 Å². The largest absolute Gasteiger partial charge is 0.411 e. The van der Waals surface area contributed by atoms with Gasteiger partial charge in [-0.15, -0.1) is 0 Å². The molecule has 4 rings (SSSR count). The smallest absolute Gasteiger partial charge is 0.0632 e. The van der Waals surface area contributed by atoms with E-state index < -0.39 is 0 Å². The van der Waals surface area contributed by atoms with Gasteiger partial charge in [-0.25, -0.2) is 0 Å². The number of aliphatic hydroxyl groups is 1. The highest BCUT2D eigenvalue weighted by Gasteiger charge is 2.59. The number of rotatable bonds is 0. The molecule has 4 aliphatic carbocycles. The summed E-state index contributed by atoms with van der Waals surface area (Å²) in [7, 11) is 0. The van der Waals surface area contributed by atoms with Crippen LogP contribution in [0.3, 0.4) is 0 Å². The summed E-state index contributed by atoms with van der Waals surface area (Å²) in [5, 5.41) is 23.1. The lowest BCUT2D eigenvalue weighted by Crippen LogP contribution is -2.54. The van der Waals surface area contributed by atoms with Gasteiger partial charge >= 0.3 is 0 Å². The van der Waals surface area contributed by atoms with Crippen LogP contribution in [-0.2, 0) is 0 Å². The van der Waals surface area contributed by atoms with E-state index in [2.05, 4.69) is 19.0 Å². The molecular formula is C19H31NO2. The van der Waals surface area contributed by atoms with Crippen molar-refractivity contribution < 1.29 is 10.3 Å². The van der Waals surface area contributed by atoms with Crippen molar-refractivity contribution in [1.29, 1.82) is 0 Å². The molecule has 2 unspecified atom stereocenters. The Bertz CT molecular complexity index is 490. The second-order valence-electron chi connectivity index (χ2n) is 9.13. The molecule has 7 atom stereocenters. The summed E-state index contributed by atoms with van der Waals surface area (Å²) in [6.07, 6.45) is 10.5. The van der Waals surface area contributed by atoms with Gasteiger partial charge in [0.15, 0.2) is 0 Å². The second kappa shape index (κ2) is 4.96. The number of oxime groups is 1. The molecule has 2 N–H and O–H groups in total. The van der Waals surface area contributed by atoms with E-state index in [4.69, 9.17) is 0 Å². The lowest BCUT2D eigenvalue weighted by atomic mass is 9.45. The van der Waals surface area contributed by atoms with Crippen molar-refractivity contribution in [3.63, 3.8) is 0 Å². The van der Waals surface area contributed by atoms with E-state index in [-0.39, 0.29) is 11.5 Å². The Morgan fingerprint density at radius 2 is 1.82 bits per heavy atom. The average molecular weight is 305 g/mol. The molecule has 0 aromatic rings. The van der Waals surface area contributed by atoms with Crippen LogP contribution in [0, 0.1) is 34.5 Å². The predicted octanol–water partition coefficient (Wildman–Crippen LogP) is 4.22. The third kappa shape index (κ3) is 1.87. The van der Waals surface area contributed by atoms with Crippen LogP contribution in [0.1, 0.15) is 71.6 Å². The minimum Gasteiger partial charge on any atom is -0.411 e. The van der Waals surface area contributed by atoms with E-state index in [0.717, 1.165) is 48.6 Å². The molecule has 0 radical (unpaired) electrons. The van der Waals surface area contributed by atoms with Crippen LogP contribution in [0.15, 0.2) is 5.16 Å². The molecule has 4 saturated carbocycles. The minimum absolute atomic E-state index is 0.0527. The maximum absolute atomic E-state index is 10.1. The average Bonchev–Trinajstić information content (AvgIpc) is 2.84. The van der Waals surface area contributed by atoms with Crippen molar-refractivity contribution in [2.24, 2.45) is 39.7 Å². The highest BCUT2D eigenvalue weighted by atomic mass is 16.4. The summed E-state index contributed by atoms with van der Waals surface area (Å²) >= 11 is 0. The summed E-state index contributed by atoms with van der Waals surface area (Å²) in [6.45, 7) is 4.88. The molecule has 0 aromatic heterocycles. The van der Waals surface area contributed by atoms with E-state index in [9.17, 15) is 10.3 Å². The lowest BCUT2D eigenvalue weighted by Gasteiger charge is -2.60. The van der Waals surface area contributed by atoms with Crippen LogP contribution < -0.4 is 0 Å². The van der Waals surface area contributed by atoms with Crippen LogP contribution in [0.5, 0.6) is 0 Å². The first-order valence-corrected chi connectivity index (χ1v) is 9.38. The standard InChI is InChI=1S/C19H31NO2/c1-18-9-7-13(21)11-12(18)3-4-14-15-5-6-17(20-22)19(15,2)10-8-16(14)18/h12-16,21-22H,3-11H2,1-2H3/t12?,13?,14-,15-,16-,18-,19-/m0/s1. The quantitative estimate of drug-likeness (QED) is 0.520. The third-order valence-electron chi connectivity index (χ3n) is 8.50. The van der Waals surface area contributed by atoms with Crippen LogP contribution in [0.2, 0.25) is 0 Å². The predicted molar refractivity (Wildman–Crippen MR) is 87.0 cm³/mol. The molecule has 4 aliphatic rings. The van der Waals surface area contributed by atoms with Gasteiger partial charge in [-0.2, -0.15) is 0 Å². The number of hydrogen-bond donors (Lipinski definition) is 2. The Morgan fingerprint density at radius 1 is 1.00 bits per heavy atom. The van der Waals surface area contributed by atoms with Gasteiger partial charge in [0.25, 0.3) is 0 Å². The molecule has 0 saturated heterocycles. The van der Waals surface area contributed by atoms with Gasteiger partial charge in [0.05, 0.1) is 11.8 Å². The number of nitrogens with zero attached hydrogens (tertiary/aromatic N) is 1. The van der Waals surface area contributed by atoms with E-state index in [1.165, 1.54) is 38.5 Å². The SMILES string of the molecule is C[C@]12CCC(O)CC1CC[C@@H]1[C@@H]2CC[C@]2(C)C(=NO)CC[C@@H]12. The molecule has 22 heavy (non-hydrogen) atoms. The van der Waals surface area contributed by atoms with Gasteiger partial charge in [-0.1, -0.05) is 19.0 Å². The van der Waals surface area contributed by atoms with Crippen LogP contribution in [0.25, 0.3) is 0 Å². The van der Waals surface area contributed by atoms with E-state index in [1.807, 2.05) is 0 Å². The van der Waals surface area contributed by atoms with Gasteiger partial charge in [-0.05, 0) is 86.9 Å². The molecule has 124 valence electrons. The maximum Gasteiger partial charge on any atom is 0.0632 e. The Kier molecular flexibility index (Phi) is 3.38. The van der Waals surface area contributed by atoms with Gasteiger partial charge in [0.1, 0.15) is 0 Å². The maximum atomic E-state index is 10.1. The van der Waals surface area contributed by atoms with Gasteiger partial charge in [0, 0.05) is 5.41 Å². The number of fused-ring (bicyclic) bond motifs is 5. The zero-order valence-electron chi connectivity index (χ0n) is 14.1. The molecule has 0 aromatic carbocycles. The summed E-state index contributed by atoms with van der Waals surface area (Å²) in [4.78, 5) is 0. The van der Waals surface area contributed by atoms with Crippen molar-refractivity contribution >= 4 is 5.71 Å². The van der Waals surface area contributed by atoms with Crippen molar-refractivity contribution in [3.05, 3.63) is 0 Å². The first-order chi connectivity index (χ1) is 10.5. The summed E-state index contributed by atoms with van der Waals surface area (Å²) in [5.41, 5.74) is 1.68. The Labute approximate surface area is 134 Å². The van der Waals surface area contributed by atoms with Gasteiger partial charge in [0.2, 0.25) is 0 Å². The molecule has 0 aliphatic heterocycles. The fraction of sp³-hybridized carbons (Fsp3) is 0.947. The Morgan fingerprint density at radius 3 is 2.59 bits per heavy atom. The zero-order chi connectivity index (χ0) is 15.5. The van der Waals surface area contributed by atoms with Crippen LogP contribution >= 0.6 is 0 Å². The monoisotopic (exact) mass is 305 g/mol. The molecule has 0 amide bonds. The summed E-state index contributed by atoms with van der Waals surface area (Å²) in [6, 6.07) is 0. The lowest BCUT2D eigenvalue weighted by molar-refractivity contribution is -0.114. The summed E-state index contributed by atoms with van der Waals surface area (Å²) in [5.74, 6) is 3.10. The third-order valence-corrected chi connectivity index (χ3v) is 8.50. The van der Waals surface area contributed by atoms with E-state index in [1.54, 1.807) is 0 Å². The van der Waals surface area contributed by atoms with Gasteiger partial charge in [-0.3, -0.25) is 0 Å². The Hall–Kier alpha value is -0.570. The van der Waals surface area contributed by atoms with E-state index >= 15 is 0 Å². The van der Waals surface area contributed by atoms with Crippen molar-refractivity contribution in [2.45, 2.75) is 77.7 Å². The highest BCUT2D eigenvalue weighted by Crippen LogP contribution is 2.65. The number of aliphatic hydroxyl groups excluding tert-OH is 1. The molecule has 0 bridgehead atoms. The first kappa shape index (κ1) is 15.0. The van der Waals surface area contributed by atoms with Crippen molar-refractivity contribution in [1.82, 2.24) is 0 Å². The van der Waals surface area contributed by atoms with E-state index in [0.29, 0.717) is 5.41 Å². The fourth-order valence-electron chi connectivity index (χ4n) is 7.19.